The lowest BCUT2D eigenvalue weighted by Crippen LogP contribution is -2.46. The van der Waals surface area contributed by atoms with Crippen LogP contribution in [0.25, 0.3) is 0 Å². The Bertz CT molecular complexity index is 961. The number of hydrogen-bond acceptors (Lipinski definition) is 5. The number of unbranched alkanes of at least 4 members (excludes halogenated alkanes) is 27. The van der Waals surface area contributed by atoms with Gasteiger partial charge in [0.1, 0.15) is 6.10 Å². The van der Waals surface area contributed by atoms with Crippen LogP contribution in [0.3, 0.4) is 0 Å². The Hall–Kier alpha value is -1.92. The van der Waals surface area contributed by atoms with Gasteiger partial charge >= 0.3 is 5.97 Å². The molecule has 3 atom stereocenters. The summed E-state index contributed by atoms with van der Waals surface area (Å²) in [5.74, 6) is -0.490. The lowest BCUT2D eigenvalue weighted by molar-refractivity contribution is -0.151. The number of carbonyl (C=O) groups is 2. The van der Waals surface area contributed by atoms with Gasteiger partial charge in [-0.05, 0) is 64.2 Å². The van der Waals surface area contributed by atoms with Gasteiger partial charge in [-0.1, -0.05) is 218 Å². The van der Waals surface area contributed by atoms with Crippen LogP contribution in [0.1, 0.15) is 258 Å². The van der Waals surface area contributed by atoms with Gasteiger partial charge in [0, 0.05) is 6.42 Å². The van der Waals surface area contributed by atoms with Gasteiger partial charge in [-0.25, -0.2) is 0 Å². The van der Waals surface area contributed by atoms with Crippen LogP contribution in [0.5, 0.6) is 0 Å². The molecule has 0 bridgehead atoms. The molecular weight excluding hydrogens is 719 g/mol. The van der Waals surface area contributed by atoms with E-state index in [4.69, 9.17) is 4.74 Å². The summed E-state index contributed by atoms with van der Waals surface area (Å²) in [6.45, 7) is 6.44. The molecule has 0 aromatic heterocycles. The molecule has 0 heterocycles. The van der Waals surface area contributed by atoms with Gasteiger partial charge < -0.3 is 20.3 Å². The fourth-order valence-electron chi connectivity index (χ4n) is 7.61. The lowest BCUT2D eigenvalue weighted by Gasteiger charge is -2.24. The first-order valence-electron chi connectivity index (χ1n) is 25.2. The Morgan fingerprint density at radius 1 is 0.500 bits per heavy atom. The molecule has 3 N–H and O–H groups in total. The Kier molecular flexibility index (Phi) is 44.6. The van der Waals surface area contributed by atoms with E-state index >= 15 is 0 Å². The molecule has 6 nitrogen and oxygen atoms in total. The topological polar surface area (TPSA) is 95.9 Å². The first kappa shape index (κ1) is 56.1. The highest BCUT2D eigenvalue weighted by atomic mass is 16.5. The predicted octanol–water partition coefficient (Wildman–Crippen LogP) is 14.9. The number of carbonyl (C=O) groups excluding carboxylic acids is 2. The van der Waals surface area contributed by atoms with E-state index in [0.29, 0.717) is 19.3 Å². The minimum atomic E-state index is -0.790. The number of aliphatic hydroxyl groups excluding tert-OH is 2. The standard InChI is InChI=1S/C52H97NO5/c1-4-7-10-13-16-19-21-23-24-25-26-28-29-32-34-37-40-43-48(58-52(57)45-42-39-36-31-18-15-12-9-6-3)46-51(56)53-49(47-54)50(55)44-41-38-35-33-30-27-22-20-17-14-11-8-5-2/h16,19,23-24,26,28,48-50,54-55H,4-15,17-18,20-22,25,27,29-47H2,1-3H3,(H,53,56)/b19-16-,24-23-,28-26-. The summed E-state index contributed by atoms with van der Waals surface area (Å²) in [5, 5.41) is 23.7. The Labute approximate surface area is 360 Å². The maximum Gasteiger partial charge on any atom is 0.306 e. The van der Waals surface area contributed by atoms with E-state index in [-0.39, 0.29) is 24.9 Å². The monoisotopic (exact) mass is 816 g/mol. The Balaban J connectivity index is 4.58. The number of aliphatic hydroxyl groups is 2. The fourth-order valence-corrected chi connectivity index (χ4v) is 7.61. The van der Waals surface area contributed by atoms with Crippen molar-refractivity contribution in [2.75, 3.05) is 6.61 Å². The smallest absolute Gasteiger partial charge is 0.306 e. The molecule has 0 aromatic rings. The van der Waals surface area contributed by atoms with Crippen molar-refractivity contribution in [2.24, 2.45) is 0 Å². The van der Waals surface area contributed by atoms with Gasteiger partial charge in [0.15, 0.2) is 0 Å². The summed E-state index contributed by atoms with van der Waals surface area (Å²) in [5.41, 5.74) is 0. The fraction of sp³-hybridized carbons (Fsp3) is 0.846. The highest BCUT2D eigenvalue weighted by Crippen LogP contribution is 2.18. The molecule has 0 aliphatic rings. The van der Waals surface area contributed by atoms with Crippen LogP contribution < -0.4 is 5.32 Å². The molecule has 0 radical (unpaired) electrons. The summed E-state index contributed by atoms with van der Waals surface area (Å²) >= 11 is 0. The minimum absolute atomic E-state index is 0.0658. The van der Waals surface area contributed by atoms with Gasteiger partial charge in [-0.15, -0.1) is 0 Å². The Morgan fingerprint density at radius 3 is 1.36 bits per heavy atom. The summed E-state index contributed by atoms with van der Waals surface area (Å²) in [6.07, 6.45) is 53.4. The van der Waals surface area contributed by atoms with Gasteiger partial charge in [-0.3, -0.25) is 9.59 Å². The second-order valence-corrected chi connectivity index (χ2v) is 17.2. The van der Waals surface area contributed by atoms with Gasteiger partial charge in [-0.2, -0.15) is 0 Å². The van der Waals surface area contributed by atoms with Crippen molar-refractivity contribution in [1.82, 2.24) is 5.32 Å². The summed E-state index contributed by atoms with van der Waals surface area (Å²) in [4.78, 5) is 26.0. The maximum atomic E-state index is 13.2. The number of ether oxygens (including phenoxy) is 1. The molecule has 3 unspecified atom stereocenters. The molecule has 340 valence electrons. The maximum absolute atomic E-state index is 13.2. The quantitative estimate of drug-likeness (QED) is 0.0323. The largest absolute Gasteiger partial charge is 0.462 e. The normalized spacial score (nSPS) is 13.5. The second-order valence-electron chi connectivity index (χ2n) is 17.2. The van der Waals surface area contributed by atoms with Crippen molar-refractivity contribution >= 4 is 11.9 Å². The molecule has 0 aliphatic carbocycles. The van der Waals surface area contributed by atoms with E-state index in [9.17, 15) is 19.8 Å². The zero-order valence-electron chi connectivity index (χ0n) is 38.7. The number of rotatable bonds is 45. The third-order valence-corrected chi connectivity index (χ3v) is 11.5. The van der Waals surface area contributed by atoms with Crippen molar-refractivity contribution in [2.45, 2.75) is 277 Å². The van der Waals surface area contributed by atoms with Crippen LogP contribution in [0.2, 0.25) is 0 Å². The van der Waals surface area contributed by atoms with E-state index < -0.39 is 18.2 Å². The predicted molar refractivity (Wildman–Crippen MR) is 250 cm³/mol. The third-order valence-electron chi connectivity index (χ3n) is 11.5. The van der Waals surface area contributed by atoms with Crippen LogP contribution in [-0.4, -0.2) is 46.9 Å². The molecule has 6 heteroatoms. The van der Waals surface area contributed by atoms with Crippen molar-refractivity contribution in [3.05, 3.63) is 36.5 Å². The van der Waals surface area contributed by atoms with Crippen LogP contribution in [0.15, 0.2) is 36.5 Å². The van der Waals surface area contributed by atoms with Gasteiger partial charge in [0.05, 0.1) is 25.2 Å². The molecule has 0 saturated carbocycles. The molecule has 0 aliphatic heterocycles. The molecule has 0 saturated heterocycles. The van der Waals surface area contributed by atoms with Crippen molar-refractivity contribution in [3.63, 3.8) is 0 Å². The minimum Gasteiger partial charge on any atom is -0.462 e. The molecule has 58 heavy (non-hydrogen) atoms. The average molecular weight is 816 g/mol. The van der Waals surface area contributed by atoms with E-state index in [1.165, 1.54) is 128 Å². The second kappa shape index (κ2) is 46.2. The first-order valence-corrected chi connectivity index (χ1v) is 25.2. The lowest BCUT2D eigenvalue weighted by atomic mass is 10.0. The molecule has 0 fully saturated rings. The van der Waals surface area contributed by atoms with E-state index in [0.717, 1.165) is 83.5 Å². The zero-order valence-corrected chi connectivity index (χ0v) is 38.7. The highest BCUT2D eigenvalue weighted by molar-refractivity contribution is 5.77. The SMILES string of the molecule is CCCCC/C=C\C/C=C\C/C=C\CCCCCCC(CC(=O)NC(CO)C(O)CCCCCCCCCCCCCCC)OC(=O)CCCCCCCCCCC. The highest BCUT2D eigenvalue weighted by Gasteiger charge is 2.24. The molecule has 1 amide bonds. The van der Waals surface area contributed by atoms with Crippen molar-refractivity contribution < 1.29 is 24.5 Å². The van der Waals surface area contributed by atoms with Crippen LogP contribution in [0.4, 0.5) is 0 Å². The molecular formula is C52H97NO5. The third kappa shape index (κ3) is 40.8. The Morgan fingerprint density at radius 2 is 0.879 bits per heavy atom. The number of amides is 1. The number of hydrogen-bond donors (Lipinski definition) is 3. The summed E-state index contributed by atoms with van der Waals surface area (Å²) in [6, 6.07) is -0.705. The molecule has 0 spiro atoms. The zero-order chi connectivity index (χ0) is 42.4. The van der Waals surface area contributed by atoms with Crippen molar-refractivity contribution in [1.29, 1.82) is 0 Å². The van der Waals surface area contributed by atoms with Crippen LogP contribution in [0, 0.1) is 0 Å². The number of nitrogens with one attached hydrogen (secondary N) is 1. The summed E-state index contributed by atoms with van der Waals surface area (Å²) in [7, 11) is 0. The molecule has 0 aromatic carbocycles. The van der Waals surface area contributed by atoms with E-state index in [1.54, 1.807) is 0 Å². The van der Waals surface area contributed by atoms with Gasteiger partial charge in [0.2, 0.25) is 5.91 Å². The van der Waals surface area contributed by atoms with Gasteiger partial charge in [0.25, 0.3) is 0 Å². The van der Waals surface area contributed by atoms with Crippen LogP contribution >= 0.6 is 0 Å². The van der Waals surface area contributed by atoms with Crippen LogP contribution in [-0.2, 0) is 14.3 Å². The summed E-state index contributed by atoms with van der Waals surface area (Å²) < 4.78 is 5.90. The number of esters is 1. The number of allylic oxidation sites excluding steroid dienone is 6. The van der Waals surface area contributed by atoms with E-state index in [2.05, 4.69) is 62.5 Å². The first-order chi connectivity index (χ1) is 28.5. The average Bonchev–Trinajstić information content (AvgIpc) is 3.22. The van der Waals surface area contributed by atoms with Crippen molar-refractivity contribution in [3.8, 4) is 0 Å². The van der Waals surface area contributed by atoms with E-state index in [1.807, 2.05) is 0 Å². The molecule has 0 rings (SSSR count).